The van der Waals surface area contributed by atoms with Crippen molar-refractivity contribution in [3.8, 4) is 0 Å². The van der Waals surface area contributed by atoms with E-state index in [-0.39, 0.29) is 6.04 Å². The summed E-state index contributed by atoms with van der Waals surface area (Å²) >= 11 is 5.90. The number of hydrogen-bond donors (Lipinski definition) is 1. The van der Waals surface area contributed by atoms with E-state index in [0.717, 1.165) is 31.6 Å². The third kappa shape index (κ3) is 2.58. The summed E-state index contributed by atoms with van der Waals surface area (Å²) in [6.45, 7) is 3.70. The minimum atomic E-state index is 0.224. The zero-order chi connectivity index (χ0) is 10.8. The van der Waals surface area contributed by atoms with Crippen molar-refractivity contribution in [3.05, 3.63) is 16.9 Å². The van der Waals surface area contributed by atoms with Crippen LogP contribution in [-0.2, 0) is 0 Å². The number of aromatic nitrogens is 2. The van der Waals surface area contributed by atoms with Crippen LogP contribution in [0.2, 0.25) is 5.15 Å². The predicted octanol–water partition coefficient (Wildman–Crippen LogP) is 1.37. The van der Waals surface area contributed by atoms with Gasteiger partial charge in [0.15, 0.2) is 0 Å². The fourth-order valence-corrected chi connectivity index (χ4v) is 2.08. The van der Waals surface area contributed by atoms with E-state index in [4.69, 9.17) is 17.3 Å². The number of anilines is 1. The van der Waals surface area contributed by atoms with E-state index in [2.05, 4.69) is 14.9 Å². The van der Waals surface area contributed by atoms with Crippen molar-refractivity contribution in [2.24, 2.45) is 5.73 Å². The minimum absolute atomic E-state index is 0.224. The number of hydrogen-bond acceptors (Lipinski definition) is 4. The van der Waals surface area contributed by atoms with Crippen molar-refractivity contribution in [1.29, 1.82) is 0 Å². The molecule has 1 atom stereocenters. The highest BCUT2D eigenvalue weighted by molar-refractivity contribution is 6.29. The van der Waals surface area contributed by atoms with E-state index in [9.17, 15) is 0 Å². The molecule has 0 aromatic carbocycles. The Bertz CT molecular complexity index is 335. The van der Waals surface area contributed by atoms with Crippen LogP contribution in [-0.4, -0.2) is 29.1 Å². The highest BCUT2D eigenvalue weighted by Gasteiger charge is 2.19. The number of piperidine rings is 1. The summed E-state index contributed by atoms with van der Waals surface area (Å²) in [5.41, 5.74) is 6.80. The standard InChI is InChI=1S/C10H15ClN4/c1-7-5-9(11)14-10(13-7)15-4-2-3-8(12)6-15/h5,8H,2-4,6,12H2,1H3/t8-/m0/s1. The molecule has 15 heavy (non-hydrogen) atoms. The molecule has 1 aliphatic rings. The first-order valence-corrected chi connectivity index (χ1v) is 5.54. The maximum absolute atomic E-state index is 5.91. The molecule has 4 nitrogen and oxygen atoms in total. The van der Waals surface area contributed by atoms with Crippen LogP contribution < -0.4 is 10.6 Å². The lowest BCUT2D eigenvalue weighted by atomic mass is 10.1. The summed E-state index contributed by atoms with van der Waals surface area (Å²) < 4.78 is 0. The molecular weight excluding hydrogens is 212 g/mol. The van der Waals surface area contributed by atoms with E-state index in [0.29, 0.717) is 11.1 Å². The Morgan fingerprint density at radius 3 is 3.00 bits per heavy atom. The monoisotopic (exact) mass is 226 g/mol. The van der Waals surface area contributed by atoms with Crippen LogP contribution in [0.5, 0.6) is 0 Å². The van der Waals surface area contributed by atoms with Gasteiger partial charge < -0.3 is 10.6 Å². The third-order valence-corrected chi connectivity index (χ3v) is 2.75. The molecule has 2 rings (SSSR count). The lowest BCUT2D eigenvalue weighted by Gasteiger charge is -2.30. The van der Waals surface area contributed by atoms with E-state index < -0.39 is 0 Å². The molecule has 5 heteroatoms. The van der Waals surface area contributed by atoms with Gasteiger partial charge in [-0.3, -0.25) is 0 Å². The maximum atomic E-state index is 5.91. The Balaban J connectivity index is 2.20. The molecule has 2 N–H and O–H groups in total. The highest BCUT2D eigenvalue weighted by Crippen LogP contribution is 2.17. The van der Waals surface area contributed by atoms with E-state index in [1.165, 1.54) is 0 Å². The molecule has 1 aliphatic heterocycles. The fourth-order valence-electron chi connectivity index (χ4n) is 1.85. The molecule has 2 heterocycles. The molecule has 0 unspecified atom stereocenters. The number of nitrogens with two attached hydrogens (primary N) is 1. The van der Waals surface area contributed by atoms with Crippen molar-refractivity contribution >= 4 is 17.5 Å². The number of aryl methyl sites for hydroxylation is 1. The average Bonchev–Trinajstić information content (AvgIpc) is 2.16. The van der Waals surface area contributed by atoms with Gasteiger partial charge in [-0.1, -0.05) is 11.6 Å². The first-order valence-electron chi connectivity index (χ1n) is 5.17. The fraction of sp³-hybridized carbons (Fsp3) is 0.600. The molecule has 0 radical (unpaired) electrons. The van der Waals surface area contributed by atoms with Crippen LogP contribution in [0.1, 0.15) is 18.5 Å². The summed E-state index contributed by atoms with van der Waals surface area (Å²) in [6.07, 6.45) is 2.17. The van der Waals surface area contributed by atoms with Crippen LogP contribution in [0.15, 0.2) is 6.07 Å². The molecular formula is C10H15ClN4. The normalized spacial score (nSPS) is 21.8. The largest absolute Gasteiger partial charge is 0.339 e. The SMILES string of the molecule is Cc1cc(Cl)nc(N2CCC[C@H](N)C2)n1. The number of rotatable bonds is 1. The Hall–Kier alpha value is -0.870. The van der Waals surface area contributed by atoms with E-state index >= 15 is 0 Å². The third-order valence-electron chi connectivity index (χ3n) is 2.55. The maximum Gasteiger partial charge on any atom is 0.227 e. The molecule has 0 amide bonds. The van der Waals surface area contributed by atoms with Gasteiger partial charge in [-0.05, 0) is 25.8 Å². The summed E-state index contributed by atoms with van der Waals surface area (Å²) in [7, 11) is 0. The summed E-state index contributed by atoms with van der Waals surface area (Å²) in [6, 6.07) is 1.98. The van der Waals surface area contributed by atoms with Gasteiger partial charge in [-0.2, -0.15) is 0 Å². The second kappa shape index (κ2) is 4.33. The summed E-state index contributed by atoms with van der Waals surface area (Å²) in [4.78, 5) is 10.7. The lowest BCUT2D eigenvalue weighted by molar-refractivity contribution is 0.499. The predicted molar refractivity (Wildman–Crippen MR) is 61.2 cm³/mol. The van der Waals surface area contributed by atoms with Gasteiger partial charge in [0.2, 0.25) is 5.95 Å². The van der Waals surface area contributed by atoms with Crippen molar-refractivity contribution in [2.75, 3.05) is 18.0 Å². The van der Waals surface area contributed by atoms with Gasteiger partial charge in [0.05, 0.1) is 0 Å². The Morgan fingerprint density at radius 2 is 2.33 bits per heavy atom. The zero-order valence-corrected chi connectivity index (χ0v) is 9.54. The first kappa shape index (κ1) is 10.6. The molecule has 0 spiro atoms. The molecule has 0 aliphatic carbocycles. The van der Waals surface area contributed by atoms with Crippen molar-refractivity contribution < 1.29 is 0 Å². The van der Waals surface area contributed by atoms with Gasteiger partial charge in [-0.15, -0.1) is 0 Å². The average molecular weight is 227 g/mol. The van der Waals surface area contributed by atoms with Crippen LogP contribution in [0.4, 0.5) is 5.95 Å². The van der Waals surface area contributed by atoms with Gasteiger partial charge in [-0.25, -0.2) is 9.97 Å². The van der Waals surface area contributed by atoms with E-state index in [1.54, 1.807) is 6.07 Å². The second-order valence-corrected chi connectivity index (χ2v) is 4.37. The van der Waals surface area contributed by atoms with Crippen molar-refractivity contribution in [2.45, 2.75) is 25.8 Å². The minimum Gasteiger partial charge on any atom is -0.339 e. The smallest absolute Gasteiger partial charge is 0.227 e. The molecule has 1 aromatic rings. The molecule has 1 fully saturated rings. The van der Waals surface area contributed by atoms with Crippen molar-refractivity contribution in [1.82, 2.24) is 9.97 Å². The molecule has 82 valence electrons. The quantitative estimate of drug-likeness (QED) is 0.735. The first-order chi connectivity index (χ1) is 7.15. The van der Waals surface area contributed by atoms with Gasteiger partial charge in [0.1, 0.15) is 5.15 Å². The Kier molecular flexibility index (Phi) is 3.07. The van der Waals surface area contributed by atoms with Crippen LogP contribution in [0.3, 0.4) is 0 Å². The summed E-state index contributed by atoms with van der Waals surface area (Å²) in [5.74, 6) is 0.704. The Labute approximate surface area is 94.5 Å². The second-order valence-electron chi connectivity index (χ2n) is 3.98. The van der Waals surface area contributed by atoms with Gasteiger partial charge in [0.25, 0.3) is 0 Å². The molecule has 0 bridgehead atoms. The zero-order valence-electron chi connectivity index (χ0n) is 8.78. The van der Waals surface area contributed by atoms with Crippen LogP contribution in [0, 0.1) is 6.92 Å². The van der Waals surface area contributed by atoms with E-state index in [1.807, 2.05) is 6.92 Å². The topological polar surface area (TPSA) is 55.0 Å². The highest BCUT2D eigenvalue weighted by atomic mass is 35.5. The van der Waals surface area contributed by atoms with Crippen LogP contribution >= 0.6 is 11.6 Å². The van der Waals surface area contributed by atoms with Gasteiger partial charge in [0, 0.05) is 24.8 Å². The van der Waals surface area contributed by atoms with Gasteiger partial charge >= 0.3 is 0 Å². The van der Waals surface area contributed by atoms with Crippen molar-refractivity contribution in [3.63, 3.8) is 0 Å². The molecule has 0 saturated carbocycles. The van der Waals surface area contributed by atoms with Crippen LogP contribution in [0.25, 0.3) is 0 Å². The Morgan fingerprint density at radius 1 is 1.53 bits per heavy atom. The number of halogens is 1. The summed E-state index contributed by atoms with van der Waals surface area (Å²) in [5, 5.41) is 0.497. The number of nitrogens with zero attached hydrogens (tertiary/aromatic N) is 3. The lowest BCUT2D eigenvalue weighted by Crippen LogP contribution is -2.43. The molecule has 1 saturated heterocycles. The molecule has 1 aromatic heterocycles.